The van der Waals surface area contributed by atoms with Crippen molar-refractivity contribution < 1.29 is 13.3 Å². The third-order valence-corrected chi connectivity index (χ3v) is 3.33. The largest absolute Gasteiger partial charge is 0.400 e. The Morgan fingerprint density at radius 2 is 2.00 bits per heavy atom. The summed E-state index contributed by atoms with van der Waals surface area (Å²) in [5.41, 5.74) is 0.320. The molecule has 0 aliphatic rings. The van der Waals surface area contributed by atoms with Crippen molar-refractivity contribution in [2.45, 2.75) is 18.3 Å². The molecule has 11 heteroatoms. The summed E-state index contributed by atoms with van der Waals surface area (Å²) < 4.78 is 32.0. The minimum Gasteiger partial charge on any atom is -0.345 e. The van der Waals surface area contributed by atoms with Crippen LogP contribution in [0, 0.1) is 0 Å². The summed E-state index contributed by atoms with van der Waals surface area (Å²) in [5.74, 6) is 0.106. The highest BCUT2D eigenvalue weighted by atomic mass is 35.5. The van der Waals surface area contributed by atoms with Gasteiger partial charge in [-0.3, -0.25) is 0 Å². The molecule has 0 aliphatic heterocycles. The smallest absolute Gasteiger partial charge is 0.345 e. The number of nitrogens with one attached hydrogen (secondary N) is 1. The lowest BCUT2D eigenvalue weighted by Gasteiger charge is -2.13. The first-order chi connectivity index (χ1) is 11.3. The molecule has 1 N–H and O–H groups in total. The Morgan fingerprint density at radius 1 is 1.29 bits per heavy atom. The van der Waals surface area contributed by atoms with E-state index in [9.17, 15) is 8.78 Å². The summed E-state index contributed by atoms with van der Waals surface area (Å²) >= 11 is 4.82. The van der Waals surface area contributed by atoms with Gasteiger partial charge in [0.1, 0.15) is 5.82 Å². The van der Waals surface area contributed by atoms with E-state index >= 15 is 0 Å². The summed E-state index contributed by atoms with van der Waals surface area (Å²) in [7, 11) is 1.88. The van der Waals surface area contributed by atoms with Crippen LogP contribution < -0.4 is 5.32 Å². The molecule has 0 amide bonds. The number of nitrogens with zero attached hydrogens (tertiary/aromatic N) is 6. The van der Waals surface area contributed by atoms with E-state index in [2.05, 4.69) is 34.9 Å². The average Bonchev–Trinajstić information content (AvgIpc) is 3.16. The van der Waals surface area contributed by atoms with Crippen LogP contribution in [0.25, 0.3) is 11.4 Å². The lowest BCUT2D eigenvalue weighted by Crippen LogP contribution is -2.13. The fraction of sp³-hybridized carbons (Fsp3) is 0.308. The van der Waals surface area contributed by atoms with Crippen molar-refractivity contribution in [3.8, 4) is 11.4 Å². The summed E-state index contributed by atoms with van der Waals surface area (Å²) in [4.78, 5) is 16.0. The minimum absolute atomic E-state index is 0.0750. The average molecular weight is 356 g/mol. The lowest BCUT2D eigenvalue weighted by molar-refractivity contribution is 0.0551. The molecule has 8 nitrogen and oxygen atoms in total. The number of aryl methyl sites for hydroxylation is 1. The number of halogens is 3. The monoisotopic (exact) mass is 355 g/mol. The van der Waals surface area contributed by atoms with Gasteiger partial charge in [0.15, 0.2) is 0 Å². The van der Waals surface area contributed by atoms with Gasteiger partial charge < -0.3 is 14.4 Å². The van der Waals surface area contributed by atoms with E-state index in [0.29, 0.717) is 11.5 Å². The van der Waals surface area contributed by atoms with Crippen LogP contribution in [0.2, 0.25) is 0 Å². The van der Waals surface area contributed by atoms with Gasteiger partial charge >= 0.3 is 11.3 Å². The second-order valence-corrected chi connectivity index (χ2v) is 5.45. The Balaban J connectivity index is 1.74. The van der Waals surface area contributed by atoms with E-state index < -0.39 is 11.3 Å². The summed E-state index contributed by atoms with van der Waals surface area (Å²) in [5, 5.41) is 2.80. The second kappa shape index (κ2) is 6.11. The molecule has 1 unspecified atom stereocenters. The molecule has 0 bridgehead atoms. The number of anilines is 1. The molecule has 0 aromatic carbocycles. The van der Waals surface area contributed by atoms with Crippen molar-refractivity contribution in [2.24, 2.45) is 7.05 Å². The van der Waals surface area contributed by atoms with Crippen LogP contribution in [0.4, 0.5) is 14.7 Å². The second-order valence-electron chi connectivity index (χ2n) is 4.98. The van der Waals surface area contributed by atoms with Crippen LogP contribution in [0.5, 0.6) is 0 Å². The zero-order valence-electron chi connectivity index (χ0n) is 12.6. The number of aromatic nitrogens is 6. The molecule has 0 aliphatic carbocycles. The highest BCUT2D eigenvalue weighted by Crippen LogP contribution is 2.31. The zero-order valence-corrected chi connectivity index (χ0v) is 13.4. The van der Waals surface area contributed by atoms with E-state index in [1.807, 2.05) is 24.7 Å². The van der Waals surface area contributed by atoms with Crippen molar-refractivity contribution in [2.75, 3.05) is 5.32 Å². The van der Waals surface area contributed by atoms with E-state index in [-0.39, 0.29) is 11.9 Å². The first-order valence-electron chi connectivity index (χ1n) is 6.81. The highest BCUT2D eigenvalue weighted by molar-refractivity contribution is 6.21. The van der Waals surface area contributed by atoms with E-state index in [1.54, 1.807) is 6.20 Å². The summed E-state index contributed by atoms with van der Waals surface area (Å²) in [6, 6.07) is -0.123. The lowest BCUT2D eigenvalue weighted by atomic mass is 10.3. The topological polar surface area (TPSA) is 94.6 Å². The SMILES string of the molecule is CC(Nc1ncc(-c2noc(C(F)(F)Cl)n2)cn1)c1nccn1C. The molecule has 3 heterocycles. The van der Waals surface area contributed by atoms with E-state index in [4.69, 9.17) is 11.6 Å². The molecular weight excluding hydrogens is 344 g/mol. The van der Waals surface area contributed by atoms with Crippen molar-refractivity contribution in [1.29, 1.82) is 0 Å². The Morgan fingerprint density at radius 3 is 2.54 bits per heavy atom. The molecule has 126 valence electrons. The van der Waals surface area contributed by atoms with Gasteiger partial charge in [0.2, 0.25) is 11.8 Å². The third-order valence-electron chi connectivity index (χ3n) is 3.17. The fourth-order valence-electron chi connectivity index (χ4n) is 2.03. The summed E-state index contributed by atoms with van der Waals surface area (Å²) in [6.45, 7) is 1.91. The van der Waals surface area contributed by atoms with Gasteiger partial charge in [0.05, 0.1) is 11.6 Å². The standard InChI is InChI=1S/C13H12ClF2N7O/c1-7(10-17-3-4-23(10)2)20-12-18-5-8(6-19-12)9-21-11(24-22-9)13(14,15)16/h3-7H,1-2H3,(H,18,19,20). The molecular formula is C13H12ClF2N7O. The number of hydrogen-bond donors (Lipinski definition) is 1. The predicted molar refractivity (Wildman–Crippen MR) is 80.3 cm³/mol. The molecule has 3 aromatic rings. The van der Waals surface area contributed by atoms with Crippen LogP contribution in [0.3, 0.4) is 0 Å². The normalized spacial score (nSPS) is 13.0. The van der Waals surface area contributed by atoms with Crippen LogP contribution in [-0.2, 0) is 12.4 Å². The number of hydrogen-bond acceptors (Lipinski definition) is 7. The first-order valence-corrected chi connectivity index (χ1v) is 7.19. The highest BCUT2D eigenvalue weighted by Gasteiger charge is 2.35. The Bertz CT molecular complexity index is 827. The van der Waals surface area contributed by atoms with Gasteiger partial charge in [-0.25, -0.2) is 15.0 Å². The van der Waals surface area contributed by atoms with Gasteiger partial charge in [0, 0.05) is 31.8 Å². The predicted octanol–water partition coefficient (Wildman–Crippen LogP) is 2.72. The quantitative estimate of drug-likeness (QED) is 0.703. The van der Waals surface area contributed by atoms with Crippen LogP contribution in [0.1, 0.15) is 24.7 Å². The molecule has 0 saturated carbocycles. The van der Waals surface area contributed by atoms with E-state index in [1.165, 1.54) is 12.4 Å². The Labute approximate surface area is 139 Å². The third kappa shape index (κ3) is 3.32. The molecule has 3 rings (SSSR count). The number of imidazole rings is 1. The van der Waals surface area contributed by atoms with Gasteiger partial charge in [-0.2, -0.15) is 13.8 Å². The van der Waals surface area contributed by atoms with Gasteiger partial charge in [-0.15, -0.1) is 0 Å². The Hall–Kier alpha value is -2.62. The van der Waals surface area contributed by atoms with Crippen molar-refractivity contribution in [3.63, 3.8) is 0 Å². The molecule has 0 spiro atoms. The van der Waals surface area contributed by atoms with Crippen molar-refractivity contribution >= 4 is 17.5 Å². The summed E-state index contributed by atoms with van der Waals surface area (Å²) in [6.07, 6.45) is 6.30. The molecule has 0 fully saturated rings. The van der Waals surface area contributed by atoms with Crippen LogP contribution >= 0.6 is 11.6 Å². The van der Waals surface area contributed by atoms with Crippen molar-refractivity contribution in [3.05, 3.63) is 36.5 Å². The first kappa shape index (κ1) is 16.2. The number of alkyl halides is 3. The molecule has 0 saturated heterocycles. The van der Waals surface area contributed by atoms with Crippen molar-refractivity contribution in [1.82, 2.24) is 29.7 Å². The fourth-order valence-corrected chi connectivity index (χ4v) is 2.10. The van der Waals surface area contributed by atoms with Gasteiger partial charge in [-0.1, -0.05) is 5.16 Å². The van der Waals surface area contributed by atoms with Crippen LogP contribution in [0.15, 0.2) is 29.3 Å². The molecule has 24 heavy (non-hydrogen) atoms. The number of rotatable bonds is 5. The van der Waals surface area contributed by atoms with E-state index in [0.717, 1.165) is 5.82 Å². The molecule has 0 radical (unpaired) electrons. The van der Waals surface area contributed by atoms with Gasteiger partial charge in [0.25, 0.3) is 0 Å². The zero-order chi connectivity index (χ0) is 17.3. The maximum atomic E-state index is 12.9. The minimum atomic E-state index is -3.72. The molecule has 3 aromatic heterocycles. The molecule has 1 atom stereocenters. The van der Waals surface area contributed by atoms with Gasteiger partial charge in [-0.05, 0) is 18.5 Å². The van der Waals surface area contributed by atoms with Crippen LogP contribution in [-0.4, -0.2) is 29.7 Å². The maximum Gasteiger partial charge on any atom is 0.400 e. The maximum absolute atomic E-state index is 12.9. The Kier molecular flexibility index (Phi) is 4.14.